The lowest BCUT2D eigenvalue weighted by molar-refractivity contribution is 0.385. The summed E-state index contributed by atoms with van der Waals surface area (Å²) in [5.74, 6) is 2.29. The largest absolute Gasteiger partial charge is 0.530 e. The minimum atomic E-state index is -1.65. The summed E-state index contributed by atoms with van der Waals surface area (Å²) in [4.78, 5) is 0. The second-order valence-electron chi connectivity index (χ2n) is 6.30. The Labute approximate surface area is 156 Å². The maximum absolute atomic E-state index is 6.14. The van der Waals surface area contributed by atoms with E-state index in [9.17, 15) is 0 Å². The van der Waals surface area contributed by atoms with Gasteiger partial charge in [0.25, 0.3) is 0 Å². The van der Waals surface area contributed by atoms with Crippen LogP contribution < -0.4 is 13.6 Å². The second kappa shape index (κ2) is 8.25. The normalized spacial score (nSPS) is 10.7. The molecule has 3 rings (SSSR count). The number of hydrogen-bond donors (Lipinski definition) is 0. The van der Waals surface area contributed by atoms with Crippen LogP contribution in [0.1, 0.15) is 22.3 Å². The van der Waals surface area contributed by atoms with Crippen molar-refractivity contribution in [2.75, 3.05) is 0 Å². The summed E-state index contributed by atoms with van der Waals surface area (Å²) in [6.07, 6.45) is 0. The molecule has 3 nitrogen and oxygen atoms in total. The highest BCUT2D eigenvalue weighted by atomic mass is 31.2. The van der Waals surface area contributed by atoms with E-state index in [1.54, 1.807) is 0 Å². The van der Waals surface area contributed by atoms with E-state index in [-0.39, 0.29) is 0 Å². The Bertz CT molecular complexity index is 845. The van der Waals surface area contributed by atoms with Crippen molar-refractivity contribution in [1.82, 2.24) is 0 Å². The number of benzene rings is 3. The van der Waals surface area contributed by atoms with Gasteiger partial charge < -0.3 is 13.6 Å². The van der Waals surface area contributed by atoms with Gasteiger partial charge in [-0.1, -0.05) is 54.1 Å². The molecule has 3 aromatic carbocycles. The van der Waals surface area contributed by atoms with Crippen molar-refractivity contribution in [3.63, 3.8) is 0 Å². The van der Waals surface area contributed by atoms with Crippen LogP contribution in [0.4, 0.5) is 0 Å². The topological polar surface area (TPSA) is 27.7 Å². The van der Waals surface area contributed by atoms with Crippen molar-refractivity contribution in [2.45, 2.75) is 27.7 Å². The van der Waals surface area contributed by atoms with Crippen LogP contribution in [0.15, 0.2) is 66.7 Å². The third-order valence-corrected chi connectivity index (χ3v) is 5.07. The van der Waals surface area contributed by atoms with Gasteiger partial charge in [-0.25, -0.2) is 0 Å². The van der Waals surface area contributed by atoms with E-state index in [0.717, 1.165) is 33.9 Å². The molecule has 0 aliphatic heterocycles. The zero-order valence-corrected chi connectivity index (χ0v) is 16.4. The molecule has 0 aromatic heterocycles. The van der Waals surface area contributed by atoms with Crippen molar-refractivity contribution in [3.05, 3.63) is 89.0 Å². The Morgan fingerprint density at radius 3 is 1.46 bits per heavy atom. The molecule has 0 heterocycles. The van der Waals surface area contributed by atoms with Crippen LogP contribution >= 0.6 is 8.60 Å². The van der Waals surface area contributed by atoms with Gasteiger partial charge in [0.15, 0.2) is 0 Å². The molecule has 0 unspecified atom stereocenters. The van der Waals surface area contributed by atoms with Gasteiger partial charge in [0.1, 0.15) is 17.2 Å². The smallest absolute Gasteiger partial charge is 0.408 e. The highest BCUT2D eigenvalue weighted by Gasteiger charge is 2.22. The van der Waals surface area contributed by atoms with Gasteiger partial charge in [0.2, 0.25) is 0 Å². The molecule has 0 fully saturated rings. The summed E-state index contributed by atoms with van der Waals surface area (Å²) in [5.41, 5.74) is 4.33. The SMILES string of the molecule is Cc1ccc(OP(Oc2ccccc2C)Oc2ccccc2C)c(C)c1. The summed E-state index contributed by atoms with van der Waals surface area (Å²) in [5, 5.41) is 0. The molecule has 0 saturated carbocycles. The summed E-state index contributed by atoms with van der Waals surface area (Å²) in [6.45, 7) is 8.10. The Morgan fingerprint density at radius 1 is 0.538 bits per heavy atom. The molecule has 0 spiro atoms. The van der Waals surface area contributed by atoms with Gasteiger partial charge >= 0.3 is 8.60 Å². The summed E-state index contributed by atoms with van der Waals surface area (Å²) in [6, 6.07) is 21.8. The fraction of sp³-hybridized carbons (Fsp3) is 0.182. The van der Waals surface area contributed by atoms with E-state index in [2.05, 4.69) is 13.0 Å². The maximum Gasteiger partial charge on any atom is 0.530 e. The first kappa shape index (κ1) is 18.3. The van der Waals surface area contributed by atoms with Crippen LogP contribution in [0.3, 0.4) is 0 Å². The molecule has 0 aliphatic rings. The second-order valence-corrected chi connectivity index (χ2v) is 7.29. The molecule has 134 valence electrons. The van der Waals surface area contributed by atoms with Gasteiger partial charge in [0.05, 0.1) is 0 Å². The lowest BCUT2D eigenvalue weighted by atomic mass is 10.1. The number of aryl methyl sites for hydroxylation is 4. The Hall–Kier alpha value is -2.51. The van der Waals surface area contributed by atoms with E-state index >= 15 is 0 Å². The molecule has 26 heavy (non-hydrogen) atoms. The van der Waals surface area contributed by atoms with Crippen LogP contribution in [0.2, 0.25) is 0 Å². The van der Waals surface area contributed by atoms with Crippen molar-refractivity contribution >= 4 is 8.60 Å². The van der Waals surface area contributed by atoms with Crippen molar-refractivity contribution < 1.29 is 13.6 Å². The lowest BCUT2D eigenvalue weighted by Crippen LogP contribution is -2.04. The van der Waals surface area contributed by atoms with E-state index < -0.39 is 8.60 Å². The number of hydrogen-bond acceptors (Lipinski definition) is 3. The zero-order valence-electron chi connectivity index (χ0n) is 15.5. The Kier molecular flexibility index (Phi) is 5.80. The molecule has 0 aliphatic carbocycles. The van der Waals surface area contributed by atoms with Gasteiger partial charge in [-0.05, 0) is 62.6 Å². The molecule has 3 aromatic rings. The predicted molar refractivity (Wildman–Crippen MR) is 107 cm³/mol. The van der Waals surface area contributed by atoms with Gasteiger partial charge in [-0.3, -0.25) is 0 Å². The Balaban J connectivity index is 1.87. The van der Waals surface area contributed by atoms with Crippen LogP contribution in [0, 0.1) is 27.7 Å². The first-order valence-corrected chi connectivity index (χ1v) is 9.65. The average molecular weight is 366 g/mol. The number of rotatable bonds is 6. The minimum absolute atomic E-state index is 0.761. The fourth-order valence-electron chi connectivity index (χ4n) is 2.52. The molecule has 0 N–H and O–H groups in total. The molecular weight excluding hydrogens is 343 g/mol. The molecule has 0 atom stereocenters. The van der Waals surface area contributed by atoms with E-state index in [1.165, 1.54) is 5.56 Å². The van der Waals surface area contributed by atoms with E-state index in [4.69, 9.17) is 13.6 Å². The van der Waals surface area contributed by atoms with E-state index in [0.29, 0.717) is 0 Å². The van der Waals surface area contributed by atoms with Crippen molar-refractivity contribution in [2.24, 2.45) is 0 Å². The van der Waals surface area contributed by atoms with Gasteiger partial charge in [-0.15, -0.1) is 0 Å². The standard InChI is InChI=1S/C22H23O3P/c1-16-13-14-22(19(4)15-16)25-26(23-20-11-7-5-9-17(20)2)24-21-12-8-6-10-18(21)3/h5-15H,1-4H3. The third-order valence-electron chi connectivity index (χ3n) is 4.04. The average Bonchev–Trinajstić information content (AvgIpc) is 2.61. The number of para-hydroxylation sites is 2. The predicted octanol–water partition coefficient (Wildman–Crippen LogP) is 6.68. The van der Waals surface area contributed by atoms with Crippen molar-refractivity contribution in [1.29, 1.82) is 0 Å². The lowest BCUT2D eigenvalue weighted by Gasteiger charge is -2.20. The van der Waals surface area contributed by atoms with Gasteiger partial charge in [-0.2, -0.15) is 0 Å². The summed E-state index contributed by atoms with van der Waals surface area (Å²) >= 11 is 0. The van der Waals surface area contributed by atoms with E-state index in [1.807, 2.05) is 81.4 Å². The summed E-state index contributed by atoms with van der Waals surface area (Å²) < 4.78 is 18.4. The maximum atomic E-state index is 6.14. The quantitative estimate of drug-likeness (QED) is 0.455. The van der Waals surface area contributed by atoms with Crippen LogP contribution in [-0.4, -0.2) is 0 Å². The molecule has 0 saturated heterocycles. The van der Waals surface area contributed by atoms with Crippen molar-refractivity contribution in [3.8, 4) is 17.2 Å². The first-order valence-electron chi connectivity index (χ1n) is 8.55. The molecular formula is C22H23O3P. The monoisotopic (exact) mass is 366 g/mol. The fourth-order valence-corrected chi connectivity index (χ4v) is 3.72. The van der Waals surface area contributed by atoms with Crippen LogP contribution in [0.25, 0.3) is 0 Å². The van der Waals surface area contributed by atoms with Crippen LogP contribution in [-0.2, 0) is 0 Å². The third kappa shape index (κ3) is 4.56. The first-order chi connectivity index (χ1) is 12.5. The Morgan fingerprint density at radius 2 is 1.00 bits per heavy atom. The highest BCUT2D eigenvalue weighted by Crippen LogP contribution is 2.44. The molecule has 0 radical (unpaired) electrons. The molecule has 0 bridgehead atoms. The minimum Gasteiger partial charge on any atom is -0.408 e. The van der Waals surface area contributed by atoms with Crippen LogP contribution in [0.5, 0.6) is 17.2 Å². The zero-order chi connectivity index (χ0) is 18.5. The highest BCUT2D eigenvalue weighted by molar-refractivity contribution is 7.43. The van der Waals surface area contributed by atoms with Gasteiger partial charge in [0, 0.05) is 0 Å². The summed E-state index contributed by atoms with van der Waals surface area (Å²) in [7, 11) is -1.65. The molecule has 0 amide bonds. The molecule has 4 heteroatoms.